The molecule has 0 fully saturated rings. The van der Waals surface area contributed by atoms with Crippen molar-refractivity contribution in [2.75, 3.05) is 19.7 Å². The van der Waals surface area contributed by atoms with E-state index in [-0.39, 0.29) is 22.8 Å². The van der Waals surface area contributed by atoms with E-state index in [2.05, 4.69) is 9.46 Å². The molecule has 0 aliphatic heterocycles. The number of rotatable bonds is 9. The predicted molar refractivity (Wildman–Crippen MR) is 86.3 cm³/mol. The fourth-order valence-electron chi connectivity index (χ4n) is 1.72. The lowest BCUT2D eigenvalue weighted by molar-refractivity contribution is -0.151. The highest BCUT2D eigenvalue weighted by atomic mass is 32.2. The van der Waals surface area contributed by atoms with Gasteiger partial charge in [-0.1, -0.05) is 12.1 Å². The van der Waals surface area contributed by atoms with Gasteiger partial charge in [0, 0.05) is 12.1 Å². The molecule has 1 aromatic rings. The average Bonchev–Trinajstić information content (AvgIpc) is 2.57. The summed E-state index contributed by atoms with van der Waals surface area (Å²) in [5.74, 6) is -2.43. The highest BCUT2D eigenvalue weighted by molar-refractivity contribution is 7.89. The van der Waals surface area contributed by atoms with E-state index >= 15 is 0 Å². The maximum Gasteiger partial charge on any atom is 0.405 e. The number of esters is 1. The highest BCUT2D eigenvalue weighted by Crippen LogP contribution is 2.12. The van der Waals surface area contributed by atoms with Crippen LogP contribution in [-0.2, 0) is 24.3 Å². The molecule has 0 aliphatic rings. The Labute approximate surface area is 153 Å². The molecule has 0 saturated heterocycles. The van der Waals surface area contributed by atoms with Crippen molar-refractivity contribution in [1.82, 2.24) is 10.0 Å². The Kier molecular flexibility index (Phi) is 7.91. The molecule has 0 aromatic heterocycles. The third-order valence-electron chi connectivity index (χ3n) is 3.02. The first-order valence-corrected chi connectivity index (χ1v) is 8.99. The van der Waals surface area contributed by atoms with Gasteiger partial charge in [0.05, 0.1) is 11.3 Å². The predicted octanol–water partition coefficient (Wildman–Crippen LogP) is 0.779. The van der Waals surface area contributed by atoms with Crippen LogP contribution in [0.2, 0.25) is 0 Å². The summed E-state index contributed by atoms with van der Waals surface area (Å²) in [6, 6.07) is 5.27. The summed E-state index contributed by atoms with van der Waals surface area (Å²) >= 11 is 0. The number of nitrogens with one attached hydrogen (secondary N) is 2. The first-order chi connectivity index (χ1) is 12.4. The van der Waals surface area contributed by atoms with Crippen molar-refractivity contribution in [1.29, 1.82) is 0 Å². The van der Waals surface area contributed by atoms with Crippen LogP contribution in [0.4, 0.5) is 13.2 Å². The minimum atomic E-state index is -4.59. The van der Waals surface area contributed by atoms with Gasteiger partial charge in [0.25, 0.3) is 5.91 Å². The Morgan fingerprint density at radius 3 is 2.44 bits per heavy atom. The number of Topliss-reactive ketones (excluding diaryl/α,β-unsaturated/α-hetero) is 1. The molecule has 1 rings (SSSR count). The van der Waals surface area contributed by atoms with Gasteiger partial charge in [0.1, 0.15) is 6.54 Å². The number of hydrogen-bond acceptors (Lipinski definition) is 6. The zero-order valence-corrected chi connectivity index (χ0v) is 14.9. The molecule has 0 atom stereocenters. The Morgan fingerprint density at radius 2 is 1.85 bits per heavy atom. The molecule has 0 heterocycles. The lowest BCUT2D eigenvalue weighted by Crippen LogP contribution is -2.36. The summed E-state index contributed by atoms with van der Waals surface area (Å²) < 4.78 is 66.4. The standard InChI is InChI=1S/C15H17F3N2O6S/c1-10(21)11-3-2-4-12(7-11)27(24,25)20-6-5-14(23)26-8-13(22)19-9-15(16,17)18/h2-4,7,20H,5-6,8-9H2,1H3,(H,19,22). The van der Waals surface area contributed by atoms with E-state index in [4.69, 9.17) is 0 Å². The van der Waals surface area contributed by atoms with Crippen LogP contribution >= 0.6 is 0 Å². The third kappa shape index (κ3) is 8.64. The Morgan fingerprint density at radius 1 is 1.19 bits per heavy atom. The SMILES string of the molecule is CC(=O)c1cccc(S(=O)(=O)NCCC(=O)OCC(=O)NCC(F)(F)F)c1. The Bertz CT molecular complexity index is 808. The van der Waals surface area contributed by atoms with Crippen molar-refractivity contribution in [2.45, 2.75) is 24.4 Å². The van der Waals surface area contributed by atoms with Crippen molar-refractivity contribution in [3.05, 3.63) is 29.8 Å². The number of sulfonamides is 1. The van der Waals surface area contributed by atoms with E-state index in [1.807, 2.05) is 0 Å². The Balaban J connectivity index is 2.43. The summed E-state index contributed by atoms with van der Waals surface area (Å²) in [6.07, 6.45) is -5.03. The molecule has 0 spiro atoms. The van der Waals surface area contributed by atoms with Gasteiger partial charge in [0.15, 0.2) is 12.4 Å². The van der Waals surface area contributed by atoms with Gasteiger partial charge >= 0.3 is 12.1 Å². The normalized spacial score (nSPS) is 11.7. The number of hydrogen-bond donors (Lipinski definition) is 2. The molecule has 8 nitrogen and oxygen atoms in total. The van der Waals surface area contributed by atoms with Gasteiger partial charge in [-0.2, -0.15) is 13.2 Å². The summed E-state index contributed by atoms with van der Waals surface area (Å²) in [6.45, 7) is -1.56. The molecule has 2 N–H and O–H groups in total. The van der Waals surface area contributed by atoms with Crippen molar-refractivity contribution in [3.63, 3.8) is 0 Å². The molecule has 150 valence electrons. The van der Waals surface area contributed by atoms with Gasteiger partial charge < -0.3 is 10.1 Å². The number of benzene rings is 1. The average molecular weight is 410 g/mol. The Hall–Kier alpha value is -2.47. The molecular weight excluding hydrogens is 393 g/mol. The van der Waals surface area contributed by atoms with Crippen LogP contribution in [0.25, 0.3) is 0 Å². The first kappa shape index (κ1) is 22.6. The van der Waals surface area contributed by atoms with Crippen LogP contribution in [0.5, 0.6) is 0 Å². The van der Waals surface area contributed by atoms with Crippen LogP contribution in [0.15, 0.2) is 29.2 Å². The van der Waals surface area contributed by atoms with Crippen LogP contribution in [0, 0.1) is 0 Å². The summed E-state index contributed by atoms with van der Waals surface area (Å²) in [7, 11) is -3.98. The molecule has 0 aliphatic carbocycles. The smallest absolute Gasteiger partial charge is 0.405 e. The second-order valence-electron chi connectivity index (χ2n) is 5.28. The van der Waals surface area contributed by atoms with E-state index in [1.54, 1.807) is 0 Å². The van der Waals surface area contributed by atoms with E-state index in [0.717, 1.165) is 0 Å². The summed E-state index contributed by atoms with van der Waals surface area (Å²) in [5, 5.41) is 1.51. The molecular formula is C15H17F3N2O6S. The van der Waals surface area contributed by atoms with Crippen molar-refractivity contribution in [2.24, 2.45) is 0 Å². The number of carbonyl (C=O) groups excluding carboxylic acids is 3. The second-order valence-corrected chi connectivity index (χ2v) is 7.05. The van der Waals surface area contributed by atoms with Gasteiger partial charge in [0.2, 0.25) is 10.0 Å². The largest absolute Gasteiger partial charge is 0.456 e. The zero-order chi connectivity index (χ0) is 20.7. The first-order valence-electron chi connectivity index (χ1n) is 7.50. The second kappa shape index (κ2) is 9.46. The summed E-state index contributed by atoms with van der Waals surface area (Å²) in [5.41, 5.74) is 0.196. The molecule has 12 heteroatoms. The van der Waals surface area contributed by atoms with Crippen LogP contribution in [-0.4, -0.2) is 52.0 Å². The molecule has 1 aromatic carbocycles. The van der Waals surface area contributed by atoms with Gasteiger partial charge in [-0.15, -0.1) is 0 Å². The van der Waals surface area contributed by atoms with Crippen molar-refractivity contribution in [3.8, 4) is 0 Å². The topological polar surface area (TPSA) is 119 Å². The number of ketones is 1. The molecule has 0 radical (unpaired) electrons. The van der Waals surface area contributed by atoms with Crippen LogP contribution < -0.4 is 10.0 Å². The minimum Gasteiger partial charge on any atom is -0.456 e. The fraction of sp³-hybridized carbons (Fsp3) is 0.400. The number of alkyl halides is 3. The molecule has 0 saturated carbocycles. The van der Waals surface area contributed by atoms with E-state index in [9.17, 15) is 36.0 Å². The maximum absolute atomic E-state index is 12.1. The molecule has 0 bridgehead atoms. The minimum absolute atomic E-state index is 0.171. The monoisotopic (exact) mass is 410 g/mol. The van der Waals surface area contributed by atoms with Crippen LogP contribution in [0.3, 0.4) is 0 Å². The van der Waals surface area contributed by atoms with Gasteiger partial charge in [-0.3, -0.25) is 14.4 Å². The van der Waals surface area contributed by atoms with Crippen molar-refractivity contribution < 1.29 is 40.7 Å². The van der Waals surface area contributed by atoms with Gasteiger partial charge in [-0.05, 0) is 19.1 Å². The number of amides is 1. The van der Waals surface area contributed by atoms with Crippen molar-refractivity contribution >= 4 is 27.7 Å². The fourth-order valence-corrected chi connectivity index (χ4v) is 2.80. The summed E-state index contributed by atoms with van der Waals surface area (Å²) in [4.78, 5) is 33.6. The maximum atomic E-state index is 12.1. The number of ether oxygens (including phenoxy) is 1. The van der Waals surface area contributed by atoms with Gasteiger partial charge in [-0.25, -0.2) is 13.1 Å². The van der Waals surface area contributed by atoms with E-state index < -0.39 is 47.6 Å². The lowest BCUT2D eigenvalue weighted by atomic mass is 10.2. The molecule has 27 heavy (non-hydrogen) atoms. The number of carbonyl (C=O) groups is 3. The molecule has 1 amide bonds. The quantitative estimate of drug-likeness (QED) is 0.459. The highest BCUT2D eigenvalue weighted by Gasteiger charge is 2.27. The number of halogens is 3. The van der Waals surface area contributed by atoms with Crippen LogP contribution in [0.1, 0.15) is 23.7 Å². The lowest BCUT2D eigenvalue weighted by Gasteiger charge is -2.09. The van der Waals surface area contributed by atoms with E-state index in [1.165, 1.54) is 36.5 Å². The third-order valence-corrected chi connectivity index (χ3v) is 4.48. The molecule has 0 unspecified atom stereocenters. The zero-order valence-electron chi connectivity index (χ0n) is 14.1. The van der Waals surface area contributed by atoms with E-state index in [0.29, 0.717) is 0 Å².